The zero-order valence-corrected chi connectivity index (χ0v) is 14.3. The molecule has 0 bridgehead atoms. The molecule has 0 saturated carbocycles. The number of hydrogen-bond acceptors (Lipinski definition) is 4. The number of nitrogens with zero attached hydrogens (tertiary/aromatic N) is 1. The number of carbonyl (C=O) groups is 2. The maximum atomic E-state index is 12.6. The van der Waals surface area contributed by atoms with Gasteiger partial charge in [0.1, 0.15) is 12.1 Å². The molecule has 3 N–H and O–H groups in total. The molecule has 0 aliphatic heterocycles. The summed E-state index contributed by atoms with van der Waals surface area (Å²) in [5.41, 5.74) is -0.941. The minimum Gasteiger partial charge on any atom is -0.480 e. The van der Waals surface area contributed by atoms with Crippen molar-refractivity contribution in [1.82, 2.24) is 14.9 Å². The van der Waals surface area contributed by atoms with Gasteiger partial charge >= 0.3 is 11.7 Å². The summed E-state index contributed by atoms with van der Waals surface area (Å²) in [4.78, 5) is 51.1. The van der Waals surface area contributed by atoms with E-state index in [1.54, 1.807) is 31.2 Å². The third-order valence-electron chi connectivity index (χ3n) is 4.38. The van der Waals surface area contributed by atoms with E-state index in [0.29, 0.717) is 11.9 Å². The van der Waals surface area contributed by atoms with Gasteiger partial charge in [0.25, 0.3) is 5.56 Å². The van der Waals surface area contributed by atoms with Crippen LogP contribution in [0.15, 0.2) is 33.9 Å². The first-order valence-corrected chi connectivity index (χ1v) is 8.04. The van der Waals surface area contributed by atoms with E-state index in [1.165, 1.54) is 6.92 Å². The number of H-pyrrole nitrogens is 1. The summed E-state index contributed by atoms with van der Waals surface area (Å²) in [7, 11) is 0. The van der Waals surface area contributed by atoms with Crippen molar-refractivity contribution in [3.8, 4) is 0 Å². The number of carboxylic acid groups (broad SMARTS) is 1. The van der Waals surface area contributed by atoms with Gasteiger partial charge in [0.05, 0.1) is 10.9 Å². The Balaban J connectivity index is 2.40. The van der Waals surface area contributed by atoms with Crippen molar-refractivity contribution in [2.24, 2.45) is 5.92 Å². The average molecular weight is 347 g/mol. The lowest BCUT2D eigenvalue weighted by molar-refractivity contribution is -0.143. The molecular formula is C17H21N3O5. The summed E-state index contributed by atoms with van der Waals surface area (Å²) in [6, 6.07) is 4.24. The van der Waals surface area contributed by atoms with E-state index in [2.05, 4.69) is 10.3 Å². The normalized spacial score (nSPS) is 14.7. The van der Waals surface area contributed by atoms with Gasteiger partial charge in [-0.1, -0.05) is 32.4 Å². The summed E-state index contributed by atoms with van der Waals surface area (Å²) < 4.78 is 0.799. The van der Waals surface area contributed by atoms with Crippen molar-refractivity contribution in [2.75, 3.05) is 0 Å². The van der Waals surface area contributed by atoms with Crippen LogP contribution in [0.4, 0.5) is 0 Å². The first kappa shape index (κ1) is 18.4. The maximum absolute atomic E-state index is 12.6. The SMILES string of the molecule is CC[C@@H](C)[C@H](NC(=O)[C@@H](C)n1c(=O)[nH]c2ccccc2c1=O)C(=O)O. The van der Waals surface area contributed by atoms with Gasteiger partial charge in [0.2, 0.25) is 5.91 Å². The highest BCUT2D eigenvalue weighted by Gasteiger charge is 2.29. The molecule has 3 atom stereocenters. The van der Waals surface area contributed by atoms with Crippen LogP contribution in [-0.4, -0.2) is 32.6 Å². The van der Waals surface area contributed by atoms with Crippen molar-refractivity contribution in [3.05, 3.63) is 45.1 Å². The number of aromatic nitrogens is 2. The Morgan fingerprint density at radius 1 is 1.24 bits per heavy atom. The third kappa shape index (κ3) is 3.62. The Bertz CT molecular complexity index is 914. The summed E-state index contributed by atoms with van der Waals surface area (Å²) >= 11 is 0. The minimum atomic E-state index is -1.16. The summed E-state index contributed by atoms with van der Waals surface area (Å²) in [6.45, 7) is 4.91. The number of para-hydroxylation sites is 1. The fourth-order valence-electron chi connectivity index (χ4n) is 2.60. The molecule has 0 aliphatic rings. The number of rotatable bonds is 6. The van der Waals surface area contributed by atoms with E-state index >= 15 is 0 Å². The second-order valence-corrected chi connectivity index (χ2v) is 6.04. The van der Waals surface area contributed by atoms with Crippen molar-refractivity contribution in [3.63, 3.8) is 0 Å². The predicted octanol–water partition coefficient (Wildman–Crippen LogP) is 0.866. The van der Waals surface area contributed by atoms with Gasteiger partial charge in [-0.05, 0) is 25.0 Å². The smallest absolute Gasteiger partial charge is 0.329 e. The van der Waals surface area contributed by atoms with Crippen molar-refractivity contribution < 1.29 is 14.7 Å². The number of carboxylic acids is 1. The van der Waals surface area contributed by atoms with Crippen LogP contribution in [0, 0.1) is 5.92 Å². The summed E-state index contributed by atoms with van der Waals surface area (Å²) in [5, 5.41) is 12.0. The van der Waals surface area contributed by atoms with Crippen molar-refractivity contribution >= 4 is 22.8 Å². The molecule has 0 spiro atoms. The molecule has 134 valence electrons. The fourth-order valence-corrected chi connectivity index (χ4v) is 2.60. The zero-order valence-electron chi connectivity index (χ0n) is 14.3. The van der Waals surface area contributed by atoms with Crippen molar-refractivity contribution in [1.29, 1.82) is 0 Å². The van der Waals surface area contributed by atoms with E-state index in [0.717, 1.165) is 4.57 Å². The summed E-state index contributed by atoms with van der Waals surface area (Å²) in [5.74, 6) is -2.15. The first-order chi connectivity index (χ1) is 11.8. The van der Waals surface area contributed by atoms with E-state index in [-0.39, 0.29) is 11.3 Å². The van der Waals surface area contributed by atoms with Crippen LogP contribution in [0.1, 0.15) is 33.2 Å². The Morgan fingerprint density at radius 2 is 1.88 bits per heavy atom. The van der Waals surface area contributed by atoms with Gasteiger partial charge in [-0.3, -0.25) is 9.59 Å². The lowest BCUT2D eigenvalue weighted by atomic mass is 9.99. The lowest BCUT2D eigenvalue weighted by Crippen LogP contribution is -2.50. The topological polar surface area (TPSA) is 121 Å². The number of aliphatic carboxylic acids is 1. The molecule has 0 radical (unpaired) electrons. The number of aromatic amines is 1. The van der Waals surface area contributed by atoms with Gasteiger partial charge in [0, 0.05) is 0 Å². The molecule has 0 saturated heterocycles. The number of benzene rings is 1. The Morgan fingerprint density at radius 3 is 2.48 bits per heavy atom. The maximum Gasteiger partial charge on any atom is 0.329 e. The average Bonchev–Trinajstić information content (AvgIpc) is 2.58. The molecule has 1 amide bonds. The van der Waals surface area contributed by atoms with Gasteiger partial charge in [-0.2, -0.15) is 0 Å². The Labute approximate surface area is 143 Å². The van der Waals surface area contributed by atoms with Crippen LogP contribution in [0.2, 0.25) is 0 Å². The number of carbonyl (C=O) groups excluding carboxylic acids is 1. The standard InChI is InChI=1S/C17H21N3O5/c1-4-9(2)13(16(23)24)19-14(21)10(3)20-15(22)11-7-5-6-8-12(11)18-17(20)25/h5-10,13H,4H2,1-3H3,(H,18,25)(H,19,21)(H,23,24)/t9-,10-,13+/m1/s1. The molecule has 2 rings (SSSR count). The molecule has 25 heavy (non-hydrogen) atoms. The molecular weight excluding hydrogens is 326 g/mol. The molecule has 1 heterocycles. The molecule has 2 aromatic rings. The third-order valence-corrected chi connectivity index (χ3v) is 4.38. The van der Waals surface area contributed by atoms with E-state index in [4.69, 9.17) is 0 Å². The van der Waals surface area contributed by atoms with Crippen LogP contribution >= 0.6 is 0 Å². The second-order valence-electron chi connectivity index (χ2n) is 6.04. The minimum absolute atomic E-state index is 0.276. The van der Waals surface area contributed by atoms with Crippen LogP contribution in [0.5, 0.6) is 0 Å². The number of amides is 1. The number of fused-ring (bicyclic) bond motifs is 1. The second kappa shape index (κ2) is 7.33. The number of nitrogens with one attached hydrogen (secondary N) is 2. The number of hydrogen-bond donors (Lipinski definition) is 3. The van der Waals surface area contributed by atoms with Crippen LogP contribution in [0.25, 0.3) is 10.9 Å². The van der Waals surface area contributed by atoms with Gasteiger partial charge in [-0.15, -0.1) is 0 Å². The van der Waals surface area contributed by atoms with Gasteiger partial charge in [-0.25, -0.2) is 14.2 Å². The van der Waals surface area contributed by atoms with Crippen LogP contribution in [-0.2, 0) is 9.59 Å². The highest BCUT2D eigenvalue weighted by molar-refractivity contribution is 5.86. The highest BCUT2D eigenvalue weighted by atomic mass is 16.4. The largest absolute Gasteiger partial charge is 0.480 e. The monoisotopic (exact) mass is 347 g/mol. The molecule has 0 fully saturated rings. The van der Waals surface area contributed by atoms with Crippen molar-refractivity contribution in [2.45, 2.75) is 39.3 Å². The molecule has 1 aromatic heterocycles. The van der Waals surface area contributed by atoms with Gasteiger partial charge < -0.3 is 15.4 Å². The molecule has 0 aliphatic carbocycles. The predicted molar refractivity (Wildman–Crippen MR) is 92.6 cm³/mol. The van der Waals surface area contributed by atoms with E-state index in [9.17, 15) is 24.3 Å². The van der Waals surface area contributed by atoms with Gasteiger partial charge in [0.15, 0.2) is 0 Å². The van der Waals surface area contributed by atoms with Crippen LogP contribution in [0.3, 0.4) is 0 Å². The first-order valence-electron chi connectivity index (χ1n) is 8.04. The summed E-state index contributed by atoms with van der Waals surface area (Å²) in [6.07, 6.45) is 0.558. The lowest BCUT2D eigenvalue weighted by Gasteiger charge is -2.22. The molecule has 0 unspecified atom stereocenters. The molecule has 8 heteroatoms. The van der Waals surface area contributed by atoms with E-state index < -0.39 is 35.2 Å². The Kier molecular flexibility index (Phi) is 5.41. The molecule has 1 aromatic carbocycles. The zero-order chi connectivity index (χ0) is 18.7. The molecule has 8 nitrogen and oxygen atoms in total. The quantitative estimate of drug-likeness (QED) is 0.716. The fraction of sp³-hybridized carbons (Fsp3) is 0.412. The highest BCUT2D eigenvalue weighted by Crippen LogP contribution is 2.11. The van der Waals surface area contributed by atoms with Crippen LogP contribution < -0.4 is 16.6 Å². The van der Waals surface area contributed by atoms with E-state index in [1.807, 2.05) is 6.92 Å². The Hall–Kier alpha value is -2.90.